The van der Waals surface area contributed by atoms with E-state index in [0.29, 0.717) is 6.04 Å². The van der Waals surface area contributed by atoms with Crippen LogP contribution in [-0.4, -0.2) is 77.7 Å². The summed E-state index contributed by atoms with van der Waals surface area (Å²) in [5.41, 5.74) is 4.79. The van der Waals surface area contributed by atoms with Crippen LogP contribution in [0.4, 0.5) is 5.69 Å². The number of nitrogens with zero attached hydrogens (tertiary/aromatic N) is 3. The number of nitrogens with one attached hydrogen (secondary N) is 2. The first kappa shape index (κ1) is 21.0. The lowest BCUT2D eigenvalue weighted by molar-refractivity contribution is 0.00159. The Kier molecular flexibility index (Phi) is 6.10. The maximum absolute atomic E-state index is 13.1. The molecule has 0 atom stereocenters. The summed E-state index contributed by atoms with van der Waals surface area (Å²) in [6, 6.07) is 10.6. The van der Waals surface area contributed by atoms with Crippen molar-refractivity contribution < 1.29 is 9.53 Å². The van der Waals surface area contributed by atoms with E-state index >= 15 is 0 Å². The topological polar surface area (TPSA) is 73.5 Å². The van der Waals surface area contributed by atoms with Gasteiger partial charge in [0, 0.05) is 67.7 Å². The number of carbonyl (C=O) groups is 1. The molecule has 2 fully saturated rings. The van der Waals surface area contributed by atoms with Crippen LogP contribution in [0, 0.1) is 0 Å². The van der Waals surface area contributed by atoms with Crippen LogP contribution in [0.15, 0.2) is 42.7 Å². The van der Waals surface area contributed by atoms with Crippen molar-refractivity contribution in [1.82, 2.24) is 19.8 Å². The molecule has 1 amide bonds. The number of carbonyl (C=O) groups excluding carboxylic acids is 1. The van der Waals surface area contributed by atoms with Crippen molar-refractivity contribution in [3.05, 3.63) is 48.3 Å². The number of ether oxygens (including phenoxy) is 1. The van der Waals surface area contributed by atoms with Gasteiger partial charge >= 0.3 is 0 Å². The van der Waals surface area contributed by atoms with E-state index in [-0.39, 0.29) is 5.91 Å². The molecule has 0 spiro atoms. The molecule has 0 saturated carbocycles. The number of amides is 1. The third-order valence-electron chi connectivity index (χ3n) is 6.70. The molecule has 0 radical (unpaired) electrons. The van der Waals surface area contributed by atoms with E-state index in [1.165, 1.54) is 0 Å². The van der Waals surface area contributed by atoms with Gasteiger partial charge < -0.3 is 19.9 Å². The van der Waals surface area contributed by atoms with Gasteiger partial charge in [-0.15, -0.1) is 0 Å². The summed E-state index contributed by atoms with van der Waals surface area (Å²) >= 11 is 0. The van der Waals surface area contributed by atoms with Crippen LogP contribution < -0.4 is 5.32 Å². The predicted octanol–water partition coefficient (Wildman–Crippen LogP) is 3.60. The average Bonchev–Trinajstić information content (AvgIpc) is 3.34. The minimum absolute atomic E-state index is 0.128. The highest BCUT2D eigenvalue weighted by Crippen LogP contribution is 2.33. The number of hydrogen-bond acceptors (Lipinski definition) is 5. The fraction of sp³-hybridized carbons (Fsp3) is 0.440. The quantitative estimate of drug-likeness (QED) is 0.643. The molecule has 5 rings (SSSR count). The van der Waals surface area contributed by atoms with E-state index in [2.05, 4.69) is 27.1 Å². The number of anilines is 1. The first-order valence-corrected chi connectivity index (χ1v) is 11.7. The number of likely N-dealkylation sites (tertiary alicyclic amines) is 1. The number of benzene rings is 1. The number of aromatic amines is 1. The Labute approximate surface area is 188 Å². The van der Waals surface area contributed by atoms with E-state index < -0.39 is 0 Å². The summed E-state index contributed by atoms with van der Waals surface area (Å²) in [5, 5.41) is 4.55. The van der Waals surface area contributed by atoms with Crippen LogP contribution in [-0.2, 0) is 4.74 Å². The maximum Gasteiger partial charge on any atom is 0.253 e. The molecule has 0 unspecified atom stereocenters. The van der Waals surface area contributed by atoms with Crippen molar-refractivity contribution >= 4 is 22.6 Å². The smallest absolute Gasteiger partial charge is 0.253 e. The Morgan fingerprint density at radius 1 is 1.12 bits per heavy atom. The lowest BCUT2D eigenvalue weighted by Crippen LogP contribution is -2.50. The number of morpholine rings is 1. The molecular weight excluding hydrogens is 402 g/mol. The maximum atomic E-state index is 13.1. The van der Waals surface area contributed by atoms with Crippen LogP contribution in [0.2, 0.25) is 0 Å². The Balaban J connectivity index is 1.28. The molecule has 0 bridgehead atoms. The molecule has 2 N–H and O–H groups in total. The van der Waals surface area contributed by atoms with E-state index in [4.69, 9.17) is 4.74 Å². The highest BCUT2D eigenvalue weighted by atomic mass is 16.5. The molecule has 2 aliphatic rings. The highest BCUT2D eigenvalue weighted by molar-refractivity contribution is 5.99. The number of fused-ring (bicyclic) bond motifs is 1. The molecule has 1 aromatic carbocycles. The molecule has 32 heavy (non-hydrogen) atoms. The van der Waals surface area contributed by atoms with Gasteiger partial charge in [-0.3, -0.25) is 9.69 Å². The zero-order valence-corrected chi connectivity index (χ0v) is 18.6. The standard InChI is InChI=1S/C25H31N5O2/c1-2-26-23-21-7-10-27-24(21)28-17-22(23)18-3-5-19(6-4-18)25(31)30-11-8-20(9-12-30)29-13-15-32-16-14-29/h3-7,10,17,20H,2,8-9,11-16H2,1H3,(H2,26,27,28). The van der Waals surface area contributed by atoms with Gasteiger partial charge in [0.25, 0.3) is 5.91 Å². The number of piperidine rings is 1. The van der Waals surface area contributed by atoms with Gasteiger partial charge in [0.2, 0.25) is 0 Å². The zero-order chi connectivity index (χ0) is 21.9. The van der Waals surface area contributed by atoms with Crippen LogP contribution in [0.3, 0.4) is 0 Å². The number of hydrogen-bond donors (Lipinski definition) is 2. The first-order valence-electron chi connectivity index (χ1n) is 11.7. The predicted molar refractivity (Wildman–Crippen MR) is 127 cm³/mol. The van der Waals surface area contributed by atoms with Crippen molar-refractivity contribution in [2.75, 3.05) is 51.3 Å². The molecule has 3 aromatic rings. The minimum Gasteiger partial charge on any atom is -0.384 e. The first-order chi connectivity index (χ1) is 15.7. The molecular formula is C25H31N5O2. The van der Waals surface area contributed by atoms with Crippen LogP contribution in [0.5, 0.6) is 0 Å². The summed E-state index contributed by atoms with van der Waals surface area (Å²) in [5.74, 6) is 0.128. The van der Waals surface area contributed by atoms with Crippen molar-refractivity contribution in [2.45, 2.75) is 25.8 Å². The molecule has 4 heterocycles. The van der Waals surface area contributed by atoms with Gasteiger partial charge in [0.05, 0.1) is 18.9 Å². The fourth-order valence-electron chi connectivity index (χ4n) is 4.95. The summed E-state index contributed by atoms with van der Waals surface area (Å²) in [6.07, 6.45) is 5.88. The third-order valence-corrected chi connectivity index (χ3v) is 6.70. The number of H-pyrrole nitrogens is 1. The summed E-state index contributed by atoms with van der Waals surface area (Å²) in [6.45, 7) is 8.24. The lowest BCUT2D eigenvalue weighted by Gasteiger charge is -2.40. The van der Waals surface area contributed by atoms with Crippen LogP contribution >= 0.6 is 0 Å². The van der Waals surface area contributed by atoms with E-state index in [0.717, 1.165) is 92.2 Å². The summed E-state index contributed by atoms with van der Waals surface area (Å²) < 4.78 is 5.47. The number of rotatable bonds is 5. The van der Waals surface area contributed by atoms with Crippen molar-refractivity contribution in [1.29, 1.82) is 0 Å². The Bertz CT molecular complexity index is 1060. The second kappa shape index (κ2) is 9.30. The summed E-state index contributed by atoms with van der Waals surface area (Å²) in [7, 11) is 0. The molecule has 2 aliphatic heterocycles. The molecule has 168 valence electrons. The monoisotopic (exact) mass is 433 g/mol. The van der Waals surface area contributed by atoms with Gasteiger partial charge in [0.15, 0.2) is 0 Å². The third kappa shape index (κ3) is 4.10. The van der Waals surface area contributed by atoms with Crippen molar-refractivity contribution in [2.24, 2.45) is 0 Å². The number of aromatic nitrogens is 2. The Hall–Kier alpha value is -2.90. The van der Waals surface area contributed by atoms with E-state index in [9.17, 15) is 4.79 Å². The van der Waals surface area contributed by atoms with Gasteiger partial charge in [-0.05, 0) is 43.5 Å². The molecule has 2 saturated heterocycles. The SMILES string of the molecule is CCNc1c(-c2ccc(C(=O)N3CCC(N4CCOCC4)CC3)cc2)cnc2[nH]ccc12. The van der Waals surface area contributed by atoms with Gasteiger partial charge in [-0.25, -0.2) is 4.98 Å². The molecule has 2 aromatic heterocycles. The normalized spacial score (nSPS) is 18.2. The van der Waals surface area contributed by atoms with E-state index in [1.807, 2.05) is 47.6 Å². The Morgan fingerprint density at radius 2 is 1.88 bits per heavy atom. The van der Waals surface area contributed by atoms with Crippen molar-refractivity contribution in [3.8, 4) is 11.1 Å². The van der Waals surface area contributed by atoms with E-state index in [1.54, 1.807) is 0 Å². The minimum atomic E-state index is 0.128. The van der Waals surface area contributed by atoms with Gasteiger partial charge in [-0.1, -0.05) is 12.1 Å². The highest BCUT2D eigenvalue weighted by Gasteiger charge is 2.28. The Morgan fingerprint density at radius 3 is 2.59 bits per heavy atom. The van der Waals surface area contributed by atoms with Crippen molar-refractivity contribution in [3.63, 3.8) is 0 Å². The number of pyridine rings is 1. The van der Waals surface area contributed by atoms with Crippen LogP contribution in [0.25, 0.3) is 22.2 Å². The second-order valence-electron chi connectivity index (χ2n) is 8.57. The lowest BCUT2D eigenvalue weighted by atomic mass is 10.00. The largest absolute Gasteiger partial charge is 0.384 e. The molecule has 7 nitrogen and oxygen atoms in total. The second-order valence-corrected chi connectivity index (χ2v) is 8.57. The summed E-state index contributed by atoms with van der Waals surface area (Å²) in [4.78, 5) is 25.4. The fourth-order valence-corrected chi connectivity index (χ4v) is 4.95. The molecule has 7 heteroatoms. The van der Waals surface area contributed by atoms with Gasteiger partial charge in [-0.2, -0.15) is 0 Å². The van der Waals surface area contributed by atoms with Gasteiger partial charge in [0.1, 0.15) is 5.65 Å². The average molecular weight is 434 g/mol. The van der Waals surface area contributed by atoms with Crippen LogP contribution in [0.1, 0.15) is 30.1 Å². The molecule has 0 aliphatic carbocycles. The zero-order valence-electron chi connectivity index (χ0n) is 18.6.